The van der Waals surface area contributed by atoms with Gasteiger partial charge in [0.05, 0.1) is 13.2 Å². The molecule has 3 rings (SSSR count). The summed E-state index contributed by atoms with van der Waals surface area (Å²) in [5, 5.41) is 2.90. The normalized spacial score (nSPS) is 14.1. The zero-order valence-corrected chi connectivity index (χ0v) is 15.0. The van der Waals surface area contributed by atoms with Crippen LogP contribution >= 0.6 is 0 Å². The van der Waals surface area contributed by atoms with E-state index >= 15 is 0 Å². The molecule has 7 heteroatoms. The van der Waals surface area contributed by atoms with Crippen molar-refractivity contribution >= 4 is 11.7 Å². The first-order valence-electron chi connectivity index (χ1n) is 8.97. The maximum Gasteiger partial charge on any atom is 0.263 e. The van der Waals surface area contributed by atoms with Crippen molar-refractivity contribution in [2.75, 3.05) is 37.7 Å². The zero-order chi connectivity index (χ0) is 18.2. The van der Waals surface area contributed by atoms with Crippen LogP contribution in [0.4, 0.5) is 5.82 Å². The Morgan fingerprint density at radius 3 is 2.65 bits per heavy atom. The van der Waals surface area contributed by atoms with Gasteiger partial charge in [-0.15, -0.1) is 0 Å². The Kier molecular flexibility index (Phi) is 6.38. The Balaban J connectivity index is 1.67. The van der Waals surface area contributed by atoms with Gasteiger partial charge in [-0.05, 0) is 30.7 Å². The van der Waals surface area contributed by atoms with Gasteiger partial charge in [0, 0.05) is 37.6 Å². The van der Waals surface area contributed by atoms with Crippen LogP contribution in [0.2, 0.25) is 0 Å². The van der Waals surface area contributed by atoms with Crippen molar-refractivity contribution in [3.63, 3.8) is 0 Å². The smallest absolute Gasteiger partial charge is 0.263 e. The molecule has 0 saturated carbocycles. The Bertz CT molecular complexity index is 715. The molecule has 1 fully saturated rings. The monoisotopic (exact) mass is 356 g/mol. The molecular formula is C19H24N4O3. The molecule has 7 nitrogen and oxygen atoms in total. The molecule has 1 aromatic carbocycles. The van der Waals surface area contributed by atoms with Gasteiger partial charge in [-0.25, -0.2) is 9.97 Å². The number of rotatable bonds is 7. The molecule has 1 N–H and O–H groups in total. The highest BCUT2D eigenvalue weighted by Gasteiger charge is 2.18. The average molecular weight is 356 g/mol. The lowest BCUT2D eigenvalue weighted by atomic mass is 10.2. The molecule has 138 valence electrons. The van der Waals surface area contributed by atoms with Gasteiger partial charge < -0.3 is 19.7 Å². The van der Waals surface area contributed by atoms with Crippen LogP contribution in [0.15, 0.2) is 36.7 Å². The second-order valence-electron chi connectivity index (χ2n) is 6.02. The van der Waals surface area contributed by atoms with E-state index < -0.39 is 0 Å². The Hall–Kier alpha value is -2.67. The summed E-state index contributed by atoms with van der Waals surface area (Å²) >= 11 is 0. The number of benzene rings is 1. The number of nitrogens with zero attached hydrogens (tertiary/aromatic N) is 3. The van der Waals surface area contributed by atoms with Gasteiger partial charge >= 0.3 is 0 Å². The lowest BCUT2D eigenvalue weighted by Crippen LogP contribution is -2.37. The minimum Gasteiger partial charge on any atom is -0.436 e. The molecule has 2 aromatic rings. The molecule has 1 saturated heterocycles. The zero-order valence-electron chi connectivity index (χ0n) is 15.0. The second kappa shape index (κ2) is 9.15. The fourth-order valence-corrected chi connectivity index (χ4v) is 2.65. The maximum absolute atomic E-state index is 12.1. The third-order valence-electron chi connectivity index (χ3n) is 4.10. The van der Waals surface area contributed by atoms with Crippen LogP contribution < -0.4 is 15.0 Å². The molecule has 2 heterocycles. The number of carbonyl (C=O) groups excluding carboxylic acids is 1. The van der Waals surface area contributed by atoms with E-state index in [1.165, 1.54) is 0 Å². The van der Waals surface area contributed by atoms with Gasteiger partial charge in [0.1, 0.15) is 5.75 Å². The molecule has 0 atom stereocenters. The van der Waals surface area contributed by atoms with E-state index in [1.54, 1.807) is 36.7 Å². The van der Waals surface area contributed by atoms with Crippen LogP contribution in [0.3, 0.4) is 0 Å². The van der Waals surface area contributed by atoms with Crippen LogP contribution in [0.25, 0.3) is 0 Å². The van der Waals surface area contributed by atoms with Crippen molar-refractivity contribution < 1.29 is 14.3 Å². The van der Waals surface area contributed by atoms with Crippen LogP contribution in [-0.4, -0.2) is 48.7 Å². The number of anilines is 1. The first-order valence-corrected chi connectivity index (χ1v) is 8.97. The summed E-state index contributed by atoms with van der Waals surface area (Å²) in [7, 11) is 0. The van der Waals surface area contributed by atoms with Crippen molar-refractivity contribution in [3.05, 3.63) is 42.2 Å². The fourth-order valence-electron chi connectivity index (χ4n) is 2.65. The van der Waals surface area contributed by atoms with E-state index in [9.17, 15) is 4.79 Å². The number of carbonyl (C=O) groups is 1. The van der Waals surface area contributed by atoms with Crippen LogP contribution in [0, 0.1) is 0 Å². The number of hydrogen-bond donors (Lipinski definition) is 1. The van der Waals surface area contributed by atoms with E-state index in [0.29, 0.717) is 42.8 Å². The number of morpholine rings is 1. The van der Waals surface area contributed by atoms with E-state index in [0.717, 1.165) is 25.9 Å². The van der Waals surface area contributed by atoms with E-state index in [1.807, 2.05) is 0 Å². The number of hydrogen-bond acceptors (Lipinski definition) is 6. The second-order valence-corrected chi connectivity index (χ2v) is 6.02. The highest BCUT2D eigenvalue weighted by Crippen LogP contribution is 2.28. The quantitative estimate of drug-likeness (QED) is 0.769. The minimum absolute atomic E-state index is 0.0708. The highest BCUT2D eigenvalue weighted by atomic mass is 16.5. The summed E-state index contributed by atoms with van der Waals surface area (Å²) in [4.78, 5) is 22.9. The SMILES string of the molecule is CCCCNC(=O)c1ccc(Oc2nccnc2N2CCOCC2)cc1. The van der Waals surface area contributed by atoms with E-state index in [-0.39, 0.29) is 5.91 Å². The van der Waals surface area contributed by atoms with Gasteiger partial charge in [0.2, 0.25) is 0 Å². The molecule has 0 bridgehead atoms. The summed E-state index contributed by atoms with van der Waals surface area (Å²) in [5.74, 6) is 1.70. The largest absolute Gasteiger partial charge is 0.436 e. The molecule has 0 aliphatic carbocycles. The Morgan fingerprint density at radius 2 is 1.92 bits per heavy atom. The molecule has 0 unspecified atom stereocenters. The predicted molar refractivity (Wildman–Crippen MR) is 98.8 cm³/mol. The molecular weight excluding hydrogens is 332 g/mol. The molecule has 0 spiro atoms. The van der Waals surface area contributed by atoms with Gasteiger partial charge in [-0.1, -0.05) is 13.3 Å². The first-order chi connectivity index (χ1) is 12.8. The van der Waals surface area contributed by atoms with Crippen molar-refractivity contribution in [2.24, 2.45) is 0 Å². The topological polar surface area (TPSA) is 76.6 Å². The number of ether oxygens (including phenoxy) is 2. The molecule has 0 radical (unpaired) electrons. The van der Waals surface area contributed by atoms with Crippen molar-refractivity contribution in [3.8, 4) is 11.6 Å². The molecule has 1 aliphatic heterocycles. The maximum atomic E-state index is 12.1. The number of nitrogens with one attached hydrogen (secondary N) is 1. The van der Waals surface area contributed by atoms with Gasteiger partial charge in [-0.3, -0.25) is 4.79 Å². The summed E-state index contributed by atoms with van der Waals surface area (Å²) < 4.78 is 11.3. The van der Waals surface area contributed by atoms with E-state index in [4.69, 9.17) is 9.47 Å². The lowest BCUT2D eigenvalue weighted by molar-refractivity contribution is 0.0953. The third kappa shape index (κ3) is 4.70. The summed E-state index contributed by atoms with van der Waals surface area (Å²) in [6, 6.07) is 7.04. The van der Waals surface area contributed by atoms with Crippen molar-refractivity contribution in [1.29, 1.82) is 0 Å². The Morgan fingerprint density at radius 1 is 1.19 bits per heavy atom. The summed E-state index contributed by atoms with van der Waals surface area (Å²) in [5.41, 5.74) is 0.612. The molecule has 26 heavy (non-hydrogen) atoms. The number of amides is 1. The predicted octanol–water partition coefficient (Wildman–Crippen LogP) is 2.64. The van der Waals surface area contributed by atoms with Crippen molar-refractivity contribution in [1.82, 2.24) is 15.3 Å². The molecule has 1 aliphatic rings. The van der Waals surface area contributed by atoms with Crippen molar-refractivity contribution in [2.45, 2.75) is 19.8 Å². The summed E-state index contributed by atoms with van der Waals surface area (Å²) in [6.45, 7) is 5.62. The number of aromatic nitrogens is 2. The van der Waals surface area contributed by atoms with Crippen LogP contribution in [0.5, 0.6) is 11.6 Å². The standard InChI is InChI=1S/C19H24N4O3/c1-2-3-8-21-18(24)15-4-6-16(7-5-15)26-19-17(20-9-10-22-19)23-11-13-25-14-12-23/h4-7,9-10H,2-3,8,11-14H2,1H3,(H,21,24). The highest BCUT2D eigenvalue weighted by molar-refractivity contribution is 5.94. The van der Waals surface area contributed by atoms with Crippen LogP contribution in [0.1, 0.15) is 30.1 Å². The number of unbranched alkanes of at least 4 members (excludes halogenated alkanes) is 1. The van der Waals surface area contributed by atoms with E-state index in [2.05, 4.69) is 27.1 Å². The molecule has 1 aromatic heterocycles. The minimum atomic E-state index is -0.0708. The third-order valence-corrected chi connectivity index (χ3v) is 4.10. The van der Waals surface area contributed by atoms with Gasteiger partial charge in [0.15, 0.2) is 5.82 Å². The Labute approximate surface area is 153 Å². The summed E-state index contributed by atoms with van der Waals surface area (Å²) in [6.07, 6.45) is 5.29. The fraction of sp³-hybridized carbons (Fsp3) is 0.421. The van der Waals surface area contributed by atoms with Gasteiger partial charge in [-0.2, -0.15) is 0 Å². The first kappa shape index (κ1) is 18.1. The van der Waals surface area contributed by atoms with Gasteiger partial charge in [0.25, 0.3) is 11.8 Å². The molecule has 1 amide bonds. The average Bonchev–Trinajstić information content (AvgIpc) is 2.70. The lowest BCUT2D eigenvalue weighted by Gasteiger charge is -2.28. The van der Waals surface area contributed by atoms with Crippen LogP contribution in [-0.2, 0) is 4.74 Å².